The molecule has 1 spiro atoms. The number of carbonyl (C=O) groups is 2. The van der Waals surface area contributed by atoms with Gasteiger partial charge in [-0.25, -0.2) is 4.98 Å². The number of carbonyl (C=O) groups excluding carboxylic acids is 2. The Kier molecular flexibility index (Phi) is 16.9. The lowest BCUT2D eigenvalue weighted by Gasteiger charge is -2.47. The van der Waals surface area contributed by atoms with E-state index in [1.165, 1.54) is 28.8 Å². The number of amides is 1. The number of hydrogen-bond donors (Lipinski definition) is 4. The molecule has 2 fully saturated rings. The third-order valence-corrected chi connectivity index (χ3v) is 11.4. The van der Waals surface area contributed by atoms with Gasteiger partial charge in [0.25, 0.3) is 0 Å². The Morgan fingerprint density at radius 3 is 2.61 bits per heavy atom. The molecule has 1 atom stereocenters. The van der Waals surface area contributed by atoms with Crippen molar-refractivity contribution in [2.75, 3.05) is 82.9 Å². The summed E-state index contributed by atoms with van der Waals surface area (Å²) in [5.74, 6) is 1.14. The second-order valence-corrected chi connectivity index (χ2v) is 15.3. The fourth-order valence-electron chi connectivity index (χ4n) is 8.17. The number of allylic oxidation sites excluding steroid dienone is 1. The normalized spacial score (nSPS) is 16.4. The van der Waals surface area contributed by atoms with Crippen molar-refractivity contribution in [3.63, 3.8) is 0 Å². The van der Waals surface area contributed by atoms with Crippen molar-refractivity contribution >= 4 is 29.8 Å². The Morgan fingerprint density at radius 1 is 1.09 bits per heavy atom. The maximum Gasteiger partial charge on any atom is 0.225 e. The van der Waals surface area contributed by atoms with Gasteiger partial charge in [0.05, 0.1) is 43.6 Å². The molecule has 2 saturated heterocycles. The van der Waals surface area contributed by atoms with Crippen molar-refractivity contribution in [3.05, 3.63) is 88.6 Å². The molecule has 5 rings (SSSR count). The van der Waals surface area contributed by atoms with Gasteiger partial charge >= 0.3 is 0 Å². The number of anilines is 2. The fraction of sp³-hybridized carbons (Fsp3) is 0.533. The summed E-state index contributed by atoms with van der Waals surface area (Å²) in [5, 5.41) is 27.5. The van der Waals surface area contributed by atoms with Crippen LogP contribution in [0.2, 0.25) is 0 Å². The number of aromatic nitrogens is 1. The van der Waals surface area contributed by atoms with Crippen molar-refractivity contribution in [1.82, 2.24) is 20.1 Å². The summed E-state index contributed by atoms with van der Waals surface area (Å²) < 4.78 is 12.4. The lowest BCUT2D eigenvalue weighted by molar-refractivity contribution is -0.134. The van der Waals surface area contributed by atoms with Gasteiger partial charge in [-0.15, -0.1) is 0 Å². The van der Waals surface area contributed by atoms with E-state index in [9.17, 15) is 19.8 Å². The van der Waals surface area contributed by atoms with Crippen LogP contribution in [0.3, 0.4) is 0 Å². The molecule has 2 aromatic carbocycles. The van der Waals surface area contributed by atoms with E-state index in [1.54, 1.807) is 19.2 Å². The largest absolute Gasteiger partial charge is 0.506 e. The van der Waals surface area contributed by atoms with Crippen LogP contribution in [-0.4, -0.2) is 122 Å². The number of phenols is 1. The van der Waals surface area contributed by atoms with Gasteiger partial charge in [-0.05, 0) is 91.6 Å². The number of nitrogens with one attached hydrogen (secondary N) is 2. The fourth-order valence-corrected chi connectivity index (χ4v) is 8.17. The van der Waals surface area contributed by atoms with Crippen LogP contribution < -0.4 is 15.5 Å². The summed E-state index contributed by atoms with van der Waals surface area (Å²) in [4.78, 5) is 35.9. The number of morpholine rings is 1. The van der Waals surface area contributed by atoms with Gasteiger partial charge in [0.1, 0.15) is 17.9 Å². The Morgan fingerprint density at radius 2 is 1.88 bits per heavy atom. The van der Waals surface area contributed by atoms with Gasteiger partial charge in [-0.3, -0.25) is 14.5 Å². The average Bonchev–Trinajstić information content (AvgIpc) is 3.22. The van der Waals surface area contributed by atoms with E-state index in [0.29, 0.717) is 55.8 Å². The number of benzene rings is 2. The minimum atomic E-state index is -0.890. The molecule has 0 aliphatic carbocycles. The topological polar surface area (TPSA) is 140 Å². The number of aromatic hydroxyl groups is 1. The molecule has 12 nitrogen and oxygen atoms in total. The van der Waals surface area contributed by atoms with Crippen LogP contribution >= 0.6 is 0 Å². The molecule has 2 aliphatic heterocycles. The molecular formula is C45H64N6O6. The monoisotopic (exact) mass is 784 g/mol. The first-order chi connectivity index (χ1) is 27.7. The number of piperidine rings is 1. The summed E-state index contributed by atoms with van der Waals surface area (Å²) in [6.07, 6.45) is 9.39. The zero-order valence-corrected chi connectivity index (χ0v) is 34.4. The highest BCUT2D eigenvalue weighted by atomic mass is 16.5. The van der Waals surface area contributed by atoms with E-state index < -0.39 is 6.10 Å². The second-order valence-electron chi connectivity index (χ2n) is 15.3. The molecule has 2 aliphatic rings. The van der Waals surface area contributed by atoms with Gasteiger partial charge in [-0.1, -0.05) is 44.2 Å². The van der Waals surface area contributed by atoms with E-state index in [-0.39, 0.29) is 29.8 Å². The molecule has 12 heteroatoms. The number of hydrogen-bond acceptors (Lipinski definition) is 11. The lowest BCUT2D eigenvalue weighted by atomic mass is 9.89. The highest BCUT2D eigenvalue weighted by Crippen LogP contribution is 2.34. The SMILES string of the molecule is CCC(CC)N(CCNCC(O)c1ccc(O)c(NC)c1/C=C\C=O)C(=O)CCOCCc1cccc(CN2CCC3(CC2)CN(c2cc(C)ccn2)CCO3)c1. The highest BCUT2D eigenvalue weighted by molar-refractivity contribution is 5.81. The number of likely N-dealkylation sites (tertiary alicyclic amines) is 1. The lowest BCUT2D eigenvalue weighted by Crippen LogP contribution is -2.57. The molecule has 57 heavy (non-hydrogen) atoms. The summed E-state index contributed by atoms with van der Waals surface area (Å²) >= 11 is 0. The Labute approximate surface area is 339 Å². The third-order valence-electron chi connectivity index (χ3n) is 11.4. The molecule has 3 aromatic rings. The third kappa shape index (κ3) is 12.3. The molecule has 1 aromatic heterocycles. The second kappa shape index (κ2) is 22.0. The number of aliphatic hydroxyl groups is 1. The minimum Gasteiger partial charge on any atom is -0.506 e. The number of aldehydes is 1. The molecule has 0 radical (unpaired) electrons. The van der Waals surface area contributed by atoms with Gasteiger partial charge in [0, 0.05) is 77.2 Å². The number of pyridine rings is 1. The molecule has 1 unspecified atom stereocenters. The zero-order chi connectivity index (χ0) is 40.6. The summed E-state index contributed by atoms with van der Waals surface area (Å²) in [7, 11) is 1.67. The number of phenolic OH excluding ortho intramolecular Hbond substituents is 1. The van der Waals surface area contributed by atoms with Crippen LogP contribution in [0, 0.1) is 6.92 Å². The molecular weight excluding hydrogens is 721 g/mol. The maximum absolute atomic E-state index is 13.4. The number of ether oxygens (including phenoxy) is 2. The summed E-state index contributed by atoms with van der Waals surface area (Å²) in [5.41, 5.74) is 5.22. The molecule has 4 N–H and O–H groups in total. The summed E-state index contributed by atoms with van der Waals surface area (Å²) in [6.45, 7) is 13.9. The van der Waals surface area contributed by atoms with Crippen LogP contribution in [0.15, 0.2) is 60.8 Å². The molecule has 3 heterocycles. The molecule has 0 saturated carbocycles. The van der Waals surface area contributed by atoms with E-state index in [1.807, 2.05) is 17.2 Å². The maximum atomic E-state index is 13.4. The van der Waals surface area contributed by atoms with Crippen LogP contribution in [-0.2, 0) is 32.0 Å². The first-order valence-corrected chi connectivity index (χ1v) is 20.7. The van der Waals surface area contributed by atoms with Gasteiger partial charge < -0.3 is 40.1 Å². The first-order valence-electron chi connectivity index (χ1n) is 20.7. The van der Waals surface area contributed by atoms with Gasteiger partial charge in [0.15, 0.2) is 0 Å². The first kappa shape index (κ1) is 43.8. The van der Waals surface area contributed by atoms with Gasteiger partial charge in [-0.2, -0.15) is 0 Å². The Bertz CT molecular complexity index is 1760. The van der Waals surface area contributed by atoms with E-state index >= 15 is 0 Å². The van der Waals surface area contributed by atoms with Crippen molar-refractivity contribution in [2.24, 2.45) is 0 Å². The van der Waals surface area contributed by atoms with E-state index in [4.69, 9.17) is 9.47 Å². The molecule has 1 amide bonds. The molecule has 310 valence electrons. The number of nitrogens with zero attached hydrogens (tertiary/aromatic N) is 4. The van der Waals surface area contributed by atoms with Crippen LogP contribution in [0.4, 0.5) is 11.5 Å². The number of aliphatic hydroxyl groups excluding tert-OH is 1. The Balaban J connectivity index is 1.03. The smallest absolute Gasteiger partial charge is 0.225 e. The van der Waals surface area contributed by atoms with Crippen molar-refractivity contribution in [2.45, 2.75) is 83.6 Å². The quantitative estimate of drug-likeness (QED) is 0.0471. The van der Waals surface area contributed by atoms with E-state index in [0.717, 1.165) is 77.3 Å². The zero-order valence-electron chi connectivity index (χ0n) is 34.4. The van der Waals surface area contributed by atoms with Crippen LogP contribution in [0.1, 0.15) is 79.9 Å². The van der Waals surface area contributed by atoms with E-state index in [2.05, 4.69) is 76.5 Å². The van der Waals surface area contributed by atoms with Gasteiger partial charge in [0.2, 0.25) is 5.91 Å². The van der Waals surface area contributed by atoms with Crippen molar-refractivity contribution in [1.29, 1.82) is 0 Å². The standard InChI is InChI=1S/C45H64N6O6/c1-5-37(6-2)51(23-20-47-31-41(54)38-12-13-40(53)44(46-4)39(38)11-8-25-52)43(55)16-27-56-26-15-35-9-7-10-36(30-35)32-49-21-17-45(18-22-49)33-50(24-28-57-45)42-29-34(3)14-19-48-42/h7-14,19,25,29-30,37,41,46-47,53-54H,5-6,15-18,20-24,26-28,31-33H2,1-4H3/b11-8-. The minimum absolute atomic E-state index is 0.0294. The average molecular weight is 785 g/mol. The predicted molar refractivity (Wildman–Crippen MR) is 227 cm³/mol. The van der Waals surface area contributed by atoms with Crippen molar-refractivity contribution in [3.8, 4) is 5.75 Å². The van der Waals surface area contributed by atoms with Crippen LogP contribution in [0.25, 0.3) is 6.08 Å². The predicted octanol–water partition coefficient (Wildman–Crippen LogP) is 5.51. The van der Waals surface area contributed by atoms with Crippen molar-refractivity contribution < 1.29 is 29.3 Å². The number of rotatable bonds is 21. The molecule has 0 bridgehead atoms. The highest BCUT2D eigenvalue weighted by Gasteiger charge is 2.40. The van der Waals surface area contributed by atoms with Crippen LogP contribution in [0.5, 0.6) is 5.75 Å². The number of aryl methyl sites for hydroxylation is 1. The Hall–Kier alpha value is -4.33. The summed E-state index contributed by atoms with van der Waals surface area (Å²) in [6, 6.07) is 16.3.